The number of nitrogens with one attached hydrogen (secondary N) is 1. The summed E-state index contributed by atoms with van der Waals surface area (Å²) in [7, 11) is 1.75. The molecule has 0 aliphatic rings. The largest absolute Gasteiger partial charge is 0.376 e. The second-order valence-electron chi connectivity index (χ2n) is 3.71. The summed E-state index contributed by atoms with van der Waals surface area (Å²) in [5.41, 5.74) is 2.65. The van der Waals surface area contributed by atoms with Crippen molar-refractivity contribution in [3.05, 3.63) is 20.8 Å². The normalized spacial score (nSPS) is 14.1. The molecule has 1 rings (SSSR count). The lowest BCUT2D eigenvalue weighted by molar-refractivity contribution is -0.0479. The minimum atomic E-state index is -0.248. The van der Waals surface area contributed by atoms with Crippen LogP contribution in [0.3, 0.4) is 0 Å². The zero-order chi connectivity index (χ0) is 12.2. The van der Waals surface area contributed by atoms with Gasteiger partial charge in [0.1, 0.15) is 0 Å². The number of halogens is 1. The number of rotatable bonds is 6. The van der Waals surface area contributed by atoms with Gasteiger partial charge in [0, 0.05) is 16.5 Å². The van der Waals surface area contributed by atoms with Crippen molar-refractivity contribution in [2.75, 3.05) is 7.11 Å². The summed E-state index contributed by atoms with van der Waals surface area (Å²) in [4.78, 5) is 1.19. The molecule has 0 amide bonds. The van der Waals surface area contributed by atoms with Crippen LogP contribution in [-0.4, -0.2) is 12.7 Å². The minimum absolute atomic E-state index is 0.0156. The molecular weight excluding hydrogens is 288 g/mol. The fraction of sp³-hybridized carbons (Fsp3) is 0.636. The predicted molar refractivity (Wildman–Crippen MR) is 72.4 cm³/mol. The van der Waals surface area contributed by atoms with E-state index in [4.69, 9.17) is 10.6 Å². The molecule has 1 atom stereocenters. The van der Waals surface area contributed by atoms with E-state index < -0.39 is 0 Å². The van der Waals surface area contributed by atoms with Crippen molar-refractivity contribution in [1.82, 2.24) is 5.43 Å². The Morgan fingerprint density at radius 3 is 2.50 bits per heavy atom. The highest BCUT2D eigenvalue weighted by Gasteiger charge is 2.37. The number of methoxy groups -OCH3 is 1. The molecule has 0 spiro atoms. The highest BCUT2D eigenvalue weighted by Crippen LogP contribution is 2.39. The Kier molecular flexibility index (Phi) is 5.40. The molecule has 3 N–H and O–H groups in total. The third-order valence-corrected chi connectivity index (χ3v) is 5.14. The standard InChI is InChI=1S/C11H19BrN2OS/c1-4-11(5-2,15-3)10(14-13)9-8(12)6-7-16-9/h6-7,10,14H,4-5,13H2,1-3H3. The first kappa shape index (κ1) is 14.1. The molecule has 0 radical (unpaired) electrons. The third-order valence-electron chi connectivity index (χ3n) is 3.20. The Balaban J connectivity index is 3.10. The molecule has 1 unspecified atom stereocenters. The topological polar surface area (TPSA) is 47.3 Å². The van der Waals surface area contributed by atoms with Crippen molar-refractivity contribution < 1.29 is 4.74 Å². The molecular formula is C11H19BrN2OS. The minimum Gasteiger partial charge on any atom is -0.376 e. The molecule has 0 aromatic carbocycles. The van der Waals surface area contributed by atoms with Gasteiger partial charge in [-0.1, -0.05) is 13.8 Å². The summed E-state index contributed by atoms with van der Waals surface area (Å²) >= 11 is 5.23. The van der Waals surface area contributed by atoms with Crippen LogP contribution in [0.25, 0.3) is 0 Å². The van der Waals surface area contributed by atoms with Gasteiger partial charge in [0.2, 0.25) is 0 Å². The van der Waals surface area contributed by atoms with Crippen molar-refractivity contribution in [3.8, 4) is 0 Å². The van der Waals surface area contributed by atoms with Crippen LogP contribution in [0.2, 0.25) is 0 Å². The van der Waals surface area contributed by atoms with Gasteiger partial charge in [0.15, 0.2) is 0 Å². The molecule has 0 aliphatic carbocycles. The quantitative estimate of drug-likeness (QED) is 0.626. The van der Waals surface area contributed by atoms with Gasteiger partial charge in [-0.3, -0.25) is 5.84 Å². The second-order valence-corrected chi connectivity index (χ2v) is 5.51. The van der Waals surface area contributed by atoms with E-state index in [-0.39, 0.29) is 11.6 Å². The number of hydrogen-bond acceptors (Lipinski definition) is 4. The average Bonchev–Trinajstić information content (AvgIpc) is 2.72. The summed E-state index contributed by atoms with van der Waals surface area (Å²) < 4.78 is 6.80. The van der Waals surface area contributed by atoms with E-state index in [0.29, 0.717) is 0 Å². The van der Waals surface area contributed by atoms with E-state index in [9.17, 15) is 0 Å². The van der Waals surface area contributed by atoms with Crippen LogP contribution < -0.4 is 11.3 Å². The summed E-state index contributed by atoms with van der Waals surface area (Å²) in [5.74, 6) is 5.70. The first-order valence-corrected chi connectivity index (χ1v) is 7.06. The van der Waals surface area contributed by atoms with Crippen molar-refractivity contribution in [2.24, 2.45) is 5.84 Å². The van der Waals surface area contributed by atoms with Crippen molar-refractivity contribution in [3.63, 3.8) is 0 Å². The van der Waals surface area contributed by atoms with Gasteiger partial charge in [-0.25, -0.2) is 5.43 Å². The smallest absolute Gasteiger partial charge is 0.0888 e. The zero-order valence-electron chi connectivity index (χ0n) is 9.92. The molecule has 0 aliphatic heterocycles. The molecule has 0 fully saturated rings. The average molecular weight is 307 g/mol. The molecule has 0 bridgehead atoms. The molecule has 0 saturated carbocycles. The maximum absolute atomic E-state index is 5.71. The molecule has 0 saturated heterocycles. The van der Waals surface area contributed by atoms with Gasteiger partial charge < -0.3 is 4.74 Å². The first-order chi connectivity index (χ1) is 7.65. The van der Waals surface area contributed by atoms with E-state index in [0.717, 1.165) is 17.3 Å². The van der Waals surface area contributed by atoms with Crippen LogP contribution in [0.15, 0.2) is 15.9 Å². The maximum atomic E-state index is 5.71. The van der Waals surface area contributed by atoms with Gasteiger partial charge in [-0.05, 0) is 40.2 Å². The molecule has 1 aromatic heterocycles. The highest BCUT2D eigenvalue weighted by atomic mass is 79.9. The van der Waals surface area contributed by atoms with Crippen LogP contribution in [0.5, 0.6) is 0 Å². The lowest BCUT2D eigenvalue weighted by Gasteiger charge is -2.37. The molecule has 1 aromatic rings. The Hall–Kier alpha value is 0.0600. The van der Waals surface area contributed by atoms with Gasteiger partial charge in [-0.15, -0.1) is 11.3 Å². The number of thiophene rings is 1. The summed E-state index contributed by atoms with van der Waals surface area (Å²) in [6.07, 6.45) is 1.83. The molecule has 3 nitrogen and oxygen atoms in total. The highest BCUT2D eigenvalue weighted by molar-refractivity contribution is 9.10. The van der Waals surface area contributed by atoms with E-state index in [2.05, 4.69) is 40.6 Å². The van der Waals surface area contributed by atoms with Gasteiger partial charge in [-0.2, -0.15) is 0 Å². The number of hydrazine groups is 1. The SMILES string of the molecule is CCC(CC)(OC)C(NN)c1sccc1Br. The Labute approximate surface area is 109 Å². The van der Waals surface area contributed by atoms with Gasteiger partial charge in [0.05, 0.1) is 11.6 Å². The lowest BCUT2D eigenvalue weighted by Crippen LogP contribution is -2.47. The molecule has 1 heterocycles. The van der Waals surface area contributed by atoms with E-state index in [1.165, 1.54) is 4.88 Å². The number of ether oxygens (including phenoxy) is 1. The Morgan fingerprint density at radius 1 is 1.56 bits per heavy atom. The Bertz CT molecular complexity index is 317. The molecule has 92 valence electrons. The maximum Gasteiger partial charge on any atom is 0.0888 e. The Morgan fingerprint density at radius 2 is 2.19 bits per heavy atom. The van der Waals surface area contributed by atoms with Crippen LogP contribution in [0.1, 0.15) is 37.6 Å². The predicted octanol–water partition coefficient (Wildman–Crippen LogP) is 3.22. The van der Waals surface area contributed by atoms with E-state index in [1.54, 1.807) is 18.4 Å². The zero-order valence-corrected chi connectivity index (χ0v) is 12.3. The molecule has 5 heteroatoms. The fourth-order valence-electron chi connectivity index (χ4n) is 2.04. The van der Waals surface area contributed by atoms with Crippen molar-refractivity contribution >= 4 is 27.3 Å². The van der Waals surface area contributed by atoms with Crippen molar-refractivity contribution in [2.45, 2.75) is 38.3 Å². The summed E-state index contributed by atoms with van der Waals surface area (Å²) in [6, 6.07) is 2.05. The van der Waals surface area contributed by atoms with E-state index >= 15 is 0 Å². The summed E-state index contributed by atoms with van der Waals surface area (Å²) in [6.45, 7) is 4.25. The van der Waals surface area contributed by atoms with Crippen LogP contribution >= 0.6 is 27.3 Å². The van der Waals surface area contributed by atoms with Gasteiger partial charge >= 0.3 is 0 Å². The summed E-state index contributed by atoms with van der Waals surface area (Å²) in [5, 5.41) is 2.05. The second kappa shape index (κ2) is 6.12. The number of nitrogens with two attached hydrogens (primary N) is 1. The van der Waals surface area contributed by atoms with Crippen molar-refractivity contribution in [1.29, 1.82) is 0 Å². The lowest BCUT2D eigenvalue weighted by atomic mass is 9.87. The monoisotopic (exact) mass is 306 g/mol. The number of hydrogen-bond donors (Lipinski definition) is 2. The molecule has 16 heavy (non-hydrogen) atoms. The fourth-order valence-corrected chi connectivity index (χ4v) is 3.81. The third kappa shape index (κ3) is 2.49. The first-order valence-electron chi connectivity index (χ1n) is 5.39. The van der Waals surface area contributed by atoms with Crippen LogP contribution in [-0.2, 0) is 4.74 Å². The van der Waals surface area contributed by atoms with Gasteiger partial charge in [0.25, 0.3) is 0 Å². The van der Waals surface area contributed by atoms with E-state index in [1.807, 2.05) is 6.07 Å². The van der Waals surface area contributed by atoms with Crippen LogP contribution in [0, 0.1) is 0 Å². The van der Waals surface area contributed by atoms with Crippen LogP contribution in [0.4, 0.5) is 0 Å².